The summed E-state index contributed by atoms with van der Waals surface area (Å²) < 4.78 is 11.2. The molecule has 1 aromatic carbocycles. The van der Waals surface area contributed by atoms with Crippen LogP contribution in [0.25, 0.3) is 0 Å². The van der Waals surface area contributed by atoms with Crippen molar-refractivity contribution >= 4 is 0 Å². The van der Waals surface area contributed by atoms with Crippen LogP contribution in [0.3, 0.4) is 0 Å². The van der Waals surface area contributed by atoms with Crippen LogP contribution in [-0.4, -0.2) is 26.9 Å². The molecule has 0 heterocycles. The van der Waals surface area contributed by atoms with E-state index in [2.05, 4.69) is 30.4 Å². The topological polar surface area (TPSA) is 30.5 Å². The van der Waals surface area contributed by atoms with Gasteiger partial charge in [0.25, 0.3) is 0 Å². The van der Waals surface area contributed by atoms with Gasteiger partial charge in [0.05, 0.1) is 6.61 Å². The van der Waals surface area contributed by atoms with E-state index in [1.807, 2.05) is 7.05 Å². The Kier molecular flexibility index (Phi) is 5.67. The Bertz CT molecular complexity index is 392. The molecule has 3 nitrogen and oxygen atoms in total. The van der Waals surface area contributed by atoms with Crippen LogP contribution < -0.4 is 10.1 Å². The predicted molar refractivity (Wildman–Crippen MR) is 77.8 cm³/mol. The molecule has 0 spiro atoms. The number of nitrogens with one attached hydrogen (secondary N) is 1. The predicted octanol–water partition coefficient (Wildman–Crippen LogP) is 3.09. The third kappa shape index (κ3) is 3.95. The first-order valence-electron chi connectivity index (χ1n) is 7.35. The van der Waals surface area contributed by atoms with Crippen LogP contribution >= 0.6 is 0 Å². The summed E-state index contributed by atoms with van der Waals surface area (Å²) in [6.07, 6.45) is 4.73. The van der Waals surface area contributed by atoms with E-state index in [0.29, 0.717) is 19.3 Å². The van der Waals surface area contributed by atoms with Gasteiger partial charge in [0.15, 0.2) is 0 Å². The van der Waals surface area contributed by atoms with Gasteiger partial charge in [-0.2, -0.15) is 0 Å². The number of benzene rings is 1. The molecule has 0 saturated heterocycles. The molecule has 0 aromatic heterocycles. The number of hydrogen-bond donors (Lipinski definition) is 1. The maximum absolute atomic E-state index is 5.76. The summed E-state index contributed by atoms with van der Waals surface area (Å²) in [4.78, 5) is 0. The fourth-order valence-electron chi connectivity index (χ4n) is 2.63. The molecule has 1 aliphatic carbocycles. The van der Waals surface area contributed by atoms with Crippen molar-refractivity contribution in [3.8, 4) is 5.75 Å². The van der Waals surface area contributed by atoms with Gasteiger partial charge in [0.2, 0.25) is 0 Å². The molecule has 1 unspecified atom stereocenters. The van der Waals surface area contributed by atoms with E-state index < -0.39 is 0 Å². The lowest BCUT2D eigenvalue weighted by molar-refractivity contribution is 0.101. The molecular formula is C16H25NO2. The van der Waals surface area contributed by atoms with Gasteiger partial charge in [-0.15, -0.1) is 0 Å². The summed E-state index contributed by atoms with van der Waals surface area (Å²) in [5.41, 5.74) is 2.86. The van der Waals surface area contributed by atoms with Crippen LogP contribution in [0.1, 0.15) is 43.4 Å². The molecule has 0 aliphatic heterocycles. The lowest BCUT2D eigenvalue weighted by Gasteiger charge is -2.25. The second kappa shape index (κ2) is 7.51. The maximum atomic E-state index is 5.76. The number of fused-ring (bicyclic) bond motifs is 1. The first-order chi connectivity index (χ1) is 9.35. The smallest absolute Gasteiger partial charge is 0.119 e. The van der Waals surface area contributed by atoms with Crippen molar-refractivity contribution in [2.24, 2.45) is 0 Å². The zero-order valence-corrected chi connectivity index (χ0v) is 12.1. The molecule has 0 bridgehead atoms. The summed E-state index contributed by atoms with van der Waals surface area (Å²) in [5.74, 6) is 0.959. The number of hydrogen-bond acceptors (Lipinski definition) is 3. The maximum Gasteiger partial charge on any atom is 0.119 e. The zero-order chi connectivity index (χ0) is 13.5. The van der Waals surface area contributed by atoms with Crippen LogP contribution in [0.2, 0.25) is 0 Å². The van der Waals surface area contributed by atoms with Crippen molar-refractivity contribution in [3.63, 3.8) is 0 Å². The first kappa shape index (κ1) is 14.4. The number of rotatable bonds is 7. The summed E-state index contributed by atoms with van der Waals surface area (Å²) in [7, 11) is 2.03. The second-order valence-electron chi connectivity index (χ2n) is 5.05. The Hall–Kier alpha value is -1.06. The highest BCUT2D eigenvalue weighted by Gasteiger charge is 2.18. The number of aryl methyl sites for hydroxylation is 1. The molecule has 1 aromatic rings. The third-order valence-electron chi connectivity index (χ3n) is 3.62. The second-order valence-corrected chi connectivity index (χ2v) is 5.05. The Morgan fingerprint density at radius 2 is 2.16 bits per heavy atom. The van der Waals surface area contributed by atoms with Crippen molar-refractivity contribution in [2.75, 3.05) is 26.9 Å². The van der Waals surface area contributed by atoms with Gasteiger partial charge in [-0.25, -0.2) is 0 Å². The van der Waals surface area contributed by atoms with Crippen LogP contribution in [-0.2, 0) is 11.2 Å². The van der Waals surface area contributed by atoms with Crippen LogP contribution in [0.15, 0.2) is 18.2 Å². The molecule has 1 atom stereocenters. The van der Waals surface area contributed by atoms with Gasteiger partial charge in [-0.05, 0) is 56.0 Å². The summed E-state index contributed by atoms with van der Waals surface area (Å²) >= 11 is 0. The van der Waals surface area contributed by atoms with Gasteiger partial charge >= 0.3 is 0 Å². The van der Waals surface area contributed by atoms with Crippen molar-refractivity contribution < 1.29 is 9.47 Å². The van der Waals surface area contributed by atoms with Gasteiger partial charge < -0.3 is 14.8 Å². The highest BCUT2D eigenvalue weighted by atomic mass is 16.5. The van der Waals surface area contributed by atoms with Crippen molar-refractivity contribution in [2.45, 2.75) is 38.6 Å². The average Bonchev–Trinajstić information content (AvgIpc) is 2.46. The molecule has 0 amide bonds. The highest BCUT2D eigenvalue weighted by Crippen LogP contribution is 2.32. The monoisotopic (exact) mass is 263 g/mol. The van der Waals surface area contributed by atoms with Crippen molar-refractivity contribution in [3.05, 3.63) is 29.3 Å². The lowest BCUT2D eigenvalue weighted by atomic mass is 9.87. The molecule has 3 heteroatoms. The van der Waals surface area contributed by atoms with Crippen LogP contribution in [0.4, 0.5) is 0 Å². The minimum atomic E-state index is 0.476. The molecule has 1 N–H and O–H groups in total. The fourth-order valence-corrected chi connectivity index (χ4v) is 2.63. The van der Waals surface area contributed by atoms with E-state index in [4.69, 9.17) is 9.47 Å². The largest absolute Gasteiger partial charge is 0.491 e. The molecule has 0 radical (unpaired) electrons. The van der Waals surface area contributed by atoms with Crippen LogP contribution in [0.5, 0.6) is 5.75 Å². The standard InChI is InChI=1S/C16H25NO2/c1-3-9-18-10-11-19-14-8-7-13-5-4-6-16(17-2)15(13)12-14/h7-8,12,16-17H,3-6,9-11H2,1-2H3. The Balaban J connectivity index is 1.92. The lowest BCUT2D eigenvalue weighted by Crippen LogP contribution is -2.21. The average molecular weight is 263 g/mol. The Labute approximate surface area is 116 Å². The van der Waals surface area contributed by atoms with Crippen molar-refractivity contribution in [1.29, 1.82) is 0 Å². The summed E-state index contributed by atoms with van der Waals surface area (Å²) in [5, 5.41) is 3.39. The van der Waals surface area contributed by atoms with E-state index in [0.717, 1.165) is 18.8 Å². The van der Waals surface area contributed by atoms with Crippen molar-refractivity contribution in [1.82, 2.24) is 5.32 Å². The minimum absolute atomic E-state index is 0.476. The molecule has 19 heavy (non-hydrogen) atoms. The van der Waals surface area contributed by atoms with E-state index in [1.165, 1.54) is 30.4 Å². The number of ether oxygens (including phenoxy) is 2. The van der Waals surface area contributed by atoms with Gasteiger partial charge in [-0.3, -0.25) is 0 Å². The van der Waals surface area contributed by atoms with E-state index in [-0.39, 0.29) is 0 Å². The quantitative estimate of drug-likeness (QED) is 0.767. The third-order valence-corrected chi connectivity index (χ3v) is 3.62. The Morgan fingerprint density at radius 1 is 1.26 bits per heavy atom. The molecule has 106 valence electrons. The van der Waals surface area contributed by atoms with Crippen LogP contribution in [0, 0.1) is 0 Å². The fraction of sp³-hybridized carbons (Fsp3) is 0.625. The summed E-state index contributed by atoms with van der Waals surface area (Å²) in [6.45, 7) is 4.22. The van der Waals surface area contributed by atoms with Gasteiger partial charge in [0, 0.05) is 12.6 Å². The molecule has 0 fully saturated rings. The van der Waals surface area contributed by atoms with E-state index in [1.54, 1.807) is 0 Å². The summed E-state index contributed by atoms with van der Waals surface area (Å²) in [6, 6.07) is 6.96. The Morgan fingerprint density at radius 3 is 2.95 bits per heavy atom. The first-order valence-corrected chi connectivity index (χ1v) is 7.35. The SMILES string of the molecule is CCCOCCOc1ccc2c(c1)C(NC)CCC2. The normalized spacial score (nSPS) is 18.1. The molecule has 0 saturated carbocycles. The minimum Gasteiger partial charge on any atom is -0.491 e. The molecular weight excluding hydrogens is 238 g/mol. The molecule has 1 aliphatic rings. The zero-order valence-electron chi connectivity index (χ0n) is 12.1. The molecule has 2 rings (SSSR count). The van der Waals surface area contributed by atoms with E-state index >= 15 is 0 Å². The van der Waals surface area contributed by atoms with E-state index in [9.17, 15) is 0 Å². The highest BCUT2D eigenvalue weighted by molar-refractivity contribution is 5.39. The van der Waals surface area contributed by atoms with Gasteiger partial charge in [-0.1, -0.05) is 13.0 Å². The van der Waals surface area contributed by atoms with Gasteiger partial charge in [0.1, 0.15) is 12.4 Å².